The van der Waals surface area contributed by atoms with Crippen LogP contribution in [0.3, 0.4) is 0 Å². The minimum Gasteiger partial charge on any atom is -0.487 e. The van der Waals surface area contributed by atoms with Gasteiger partial charge in [0.25, 0.3) is 0 Å². The minimum absolute atomic E-state index is 0.0117. The van der Waals surface area contributed by atoms with Gasteiger partial charge < -0.3 is 10.1 Å². The van der Waals surface area contributed by atoms with Gasteiger partial charge in [0.2, 0.25) is 5.91 Å². The van der Waals surface area contributed by atoms with Crippen molar-refractivity contribution in [2.75, 3.05) is 5.75 Å². The smallest absolute Gasteiger partial charge is 0.221 e. The van der Waals surface area contributed by atoms with Gasteiger partial charge in [-0.05, 0) is 56.7 Å². The number of nitrogens with one attached hydrogen (secondary N) is 1. The summed E-state index contributed by atoms with van der Waals surface area (Å²) in [5.74, 6) is 1.68. The highest BCUT2D eigenvalue weighted by atomic mass is 35.5. The molecule has 1 aliphatic rings. The molecule has 5 heteroatoms. The van der Waals surface area contributed by atoms with E-state index in [2.05, 4.69) is 31.3 Å². The van der Waals surface area contributed by atoms with Crippen LogP contribution in [0, 0.1) is 6.92 Å². The summed E-state index contributed by atoms with van der Waals surface area (Å²) in [5.41, 5.74) is 1.93. The van der Waals surface area contributed by atoms with E-state index >= 15 is 0 Å². The van der Waals surface area contributed by atoms with Crippen molar-refractivity contribution in [3.63, 3.8) is 0 Å². The molecule has 0 aromatic heterocycles. The van der Waals surface area contributed by atoms with Crippen LogP contribution in [0.4, 0.5) is 0 Å². The van der Waals surface area contributed by atoms with Crippen LogP contribution in [0.1, 0.15) is 43.9 Å². The number of thioether (sulfide) groups is 1. The van der Waals surface area contributed by atoms with Crippen LogP contribution in [0.2, 0.25) is 5.02 Å². The predicted molar refractivity (Wildman–Crippen MR) is 108 cm³/mol. The van der Waals surface area contributed by atoms with Crippen LogP contribution in [0.25, 0.3) is 0 Å². The number of hydrogen-bond donors (Lipinski definition) is 1. The first kappa shape index (κ1) is 19.1. The lowest BCUT2D eigenvalue weighted by Gasteiger charge is -2.38. The molecule has 0 spiro atoms. The van der Waals surface area contributed by atoms with Gasteiger partial charge in [0, 0.05) is 34.1 Å². The number of aryl methyl sites for hydroxylation is 1. The van der Waals surface area contributed by atoms with E-state index in [4.69, 9.17) is 16.3 Å². The lowest BCUT2D eigenvalue weighted by atomic mass is 9.89. The maximum absolute atomic E-state index is 12.5. The third kappa shape index (κ3) is 4.95. The van der Waals surface area contributed by atoms with E-state index < -0.39 is 0 Å². The highest BCUT2D eigenvalue weighted by molar-refractivity contribution is 7.99. The molecule has 3 rings (SSSR count). The van der Waals surface area contributed by atoms with E-state index in [1.54, 1.807) is 11.8 Å². The Labute approximate surface area is 164 Å². The van der Waals surface area contributed by atoms with Gasteiger partial charge in [0.1, 0.15) is 11.4 Å². The minimum atomic E-state index is -0.295. The van der Waals surface area contributed by atoms with E-state index in [0.29, 0.717) is 6.42 Å². The number of ether oxygens (including phenoxy) is 1. The summed E-state index contributed by atoms with van der Waals surface area (Å²) < 4.78 is 6.09. The predicted octanol–water partition coefficient (Wildman–Crippen LogP) is 5.55. The van der Waals surface area contributed by atoms with Crippen LogP contribution >= 0.6 is 23.4 Å². The fraction of sp³-hybridized carbons (Fsp3) is 0.381. The summed E-state index contributed by atoms with van der Waals surface area (Å²) in [5, 5.41) is 3.92. The normalized spacial score (nSPS) is 17.9. The second-order valence-electron chi connectivity index (χ2n) is 7.28. The number of benzene rings is 2. The molecule has 138 valence electrons. The quantitative estimate of drug-likeness (QED) is 0.681. The maximum atomic E-state index is 12.5. The lowest BCUT2D eigenvalue weighted by Crippen LogP contribution is -2.41. The molecule has 0 radical (unpaired) electrons. The van der Waals surface area contributed by atoms with Gasteiger partial charge in [-0.15, -0.1) is 11.8 Å². The average molecular weight is 390 g/mol. The molecule has 1 aliphatic heterocycles. The van der Waals surface area contributed by atoms with Crippen LogP contribution in [0.5, 0.6) is 5.75 Å². The molecule has 1 heterocycles. The van der Waals surface area contributed by atoms with Gasteiger partial charge in [0.15, 0.2) is 0 Å². The Kier molecular flexibility index (Phi) is 5.83. The topological polar surface area (TPSA) is 38.3 Å². The van der Waals surface area contributed by atoms with E-state index in [1.165, 1.54) is 0 Å². The first-order valence-electron chi connectivity index (χ1n) is 8.80. The fourth-order valence-electron chi connectivity index (χ4n) is 3.15. The largest absolute Gasteiger partial charge is 0.487 e. The molecule has 1 amide bonds. The van der Waals surface area contributed by atoms with Crippen molar-refractivity contribution in [2.45, 2.75) is 50.2 Å². The summed E-state index contributed by atoms with van der Waals surface area (Å²) in [6.07, 6.45) is 1.24. The monoisotopic (exact) mass is 389 g/mol. The van der Waals surface area contributed by atoms with Gasteiger partial charge in [-0.1, -0.05) is 23.7 Å². The van der Waals surface area contributed by atoms with Gasteiger partial charge in [-0.3, -0.25) is 4.79 Å². The average Bonchev–Trinajstić information content (AvgIpc) is 2.55. The van der Waals surface area contributed by atoms with Crippen molar-refractivity contribution in [2.24, 2.45) is 0 Å². The van der Waals surface area contributed by atoms with Gasteiger partial charge in [0.05, 0.1) is 6.04 Å². The zero-order chi connectivity index (χ0) is 18.7. The standard InChI is InChI=1S/C21H24ClNO2S/c1-14-4-9-17-18(13-21(2,3)25-19(17)12-14)23-20(24)10-11-26-16-7-5-15(22)6-8-16/h4-9,12,18H,10-11,13H2,1-3H3,(H,23,24). The van der Waals surface area contributed by atoms with Crippen molar-refractivity contribution in [1.29, 1.82) is 0 Å². The lowest BCUT2D eigenvalue weighted by molar-refractivity contribution is -0.121. The Hall–Kier alpha value is -1.65. The Bertz CT molecular complexity index is 789. The van der Waals surface area contributed by atoms with Crippen molar-refractivity contribution in [3.05, 3.63) is 58.6 Å². The van der Waals surface area contributed by atoms with Gasteiger partial charge >= 0.3 is 0 Å². The maximum Gasteiger partial charge on any atom is 0.221 e. The number of fused-ring (bicyclic) bond motifs is 1. The first-order chi connectivity index (χ1) is 12.3. The Morgan fingerprint density at radius 2 is 2.00 bits per heavy atom. The van der Waals surface area contributed by atoms with E-state index in [1.807, 2.05) is 37.3 Å². The summed E-state index contributed by atoms with van der Waals surface area (Å²) >= 11 is 7.56. The summed E-state index contributed by atoms with van der Waals surface area (Å²) in [6, 6.07) is 13.9. The number of rotatable bonds is 5. The molecule has 26 heavy (non-hydrogen) atoms. The van der Waals surface area contributed by atoms with E-state index in [-0.39, 0.29) is 17.6 Å². The second-order valence-corrected chi connectivity index (χ2v) is 8.88. The summed E-state index contributed by atoms with van der Waals surface area (Å²) in [4.78, 5) is 13.6. The molecular formula is C21H24ClNO2S. The van der Waals surface area contributed by atoms with Crippen LogP contribution in [-0.4, -0.2) is 17.3 Å². The molecule has 1 unspecified atom stereocenters. The Balaban J connectivity index is 1.59. The molecule has 0 aliphatic carbocycles. The molecule has 0 saturated heterocycles. The molecule has 3 nitrogen and oxygen atoms in total. The number of halogens is 1. The van der Waals surface area contributed by atoms with Crippen molar-refractivity contribution in [3.8, 4) is 5.75 Å². The molecule has 0 bridgehead atoms. The number of carbonyl (C=O) groups excluding carboxylic acids is 1. The molecule has 2 aromatic carbocycles. The van der Waals surface area contributed by atoms with E-state index in [0.717, 1.165) is 39.0 Å². The van der Waals surface area contributed by atoms with Crippen LogP contribution < -0.4 is 10.1 Å². The highest BCUT2D eigenvalue weighted by Crippen LogP contribution is 2.39. The fourth-order valence-corrected chi connectivity index (χ4v) is 4.12. The van der Waals surface area contributed by atoms with E-state index in [9.17, 15) is 4.79 Å². The van der Waals surface area contributed by atoms with Crippen LogP contribution in [-0.2, 0) is 4.79 Å². The Morgan fingerprint density at radius 3 is 2.73 bits per heavy atom. The summed E-state index contributed by atoms with van der Waals surface area (Å²) in [6.45, 7) is 6.18. The Morgan fingerprint density at radius 1 is 1.27 bits per heavy atom. The number of hydrogen-bond acceptors (Lipinski definition) is 3. The molecule has 1 atom stereocenters. The van der Waals surface area contributed by atoms with Gasteiger partial charge in [-0.25, -0.2) is 0 Å². The van der Waals surface area contributed by atoms with Crippen LogP contribution in [0.15, 0.2) is 47.4 Å². The zero-order valence-corrected chi connectivity index (χ0v) is 16.9. The summed E-state index contributed by atoms with van der Waals surface area (Å²) in [7, 11) is 0. The third-order valence-corrected chi connectivity index (χ3v) is 5.64. The molecule has 0 saturated carbocycles. The molecular weight excluding hydrogens is 366 g/mol. The first-order valence-corrected chi connectivity index (χ1v) is 10.2. The molecule has 2 aromatic rings. The number of carbonyl (C=O) groups is 1. The highest BCUT2D eigenvalue weighted by Gasteiger charge is 2.34. The van der Waals surface area contributed by atoms with Crippen molar-refractivity contribution >= 4 is 29.3 Å². The third-order valence-electron chi connectivity index (χ3n) is 4.37. The van der Waals surface area contributed by atoms with Gasteiger partial charge in [-0.2, -0.15) is 0 Å². The number of amides is 1. The van der Waals surface area contributed by atoms with Crippen molar-refractivity contribution in [1.82, 2.24) is 5.32 Å². The SMILES string of the molecule is Cc1ccc2c(c1)OC(C)(C)CC2NC(=O)CCSc1ccc(Cl)cc1. The molecule has 0 fully saturated rings. The second kappa shape index (κ2) is 7.93. The van der Waals surface area contributed by atoms with Crippen molar-refractivity contribution < 1.29 is 9.53 Å². The zero-order valence-electron chi connectivity index (χ0n) is 15.3. The molecule has 1 N–H and O–H groups in total.